The van der Waals surface area contributed by atoms with Crippen molar-refractivity contribution in [1.82, 2.24) is 15.0 Å². The highest BCUT2D eigenvalue weighted by atomic mass is 79.9. The molecule has 6 heteroatoms. The Morgan fingerprint density at radius 2 is 2.00 bits per heavy atom. The Bertz CT molecular complexity index is 524. The van der Waals surface area contributed by atoms with Crippen LogP contribution in [0.1, 0.15) is 5.82 Å². The summed E-state index contributed by atoms with van der Waals surface area (Å²) in [6, 6.07) is 5.45. The molecule has 0 saturated carbocycles. The summed E-state index contributed by atoms with van der Waals surface area (Å²) in [5.41, 5.74) is 6.41. The Balaban J connectivity index is 2.54. The van der Waals surface area contributed by atoms with Crippen LogP contribution in [0.25, 0.3) is 11.4 Å². The highest BCUT2D eigenvalue weighted by molar-refractivity contribution is 9.10. The van der Waals surface area contributed by atoms with Crippen LogP contribution in [0.2, 0.25) is 5.02 Å². The topological polar surface area (TPSA) is 64.7 Å². The van der Waals surface area contributed by atoms with Crippen LogP contribution in [0.4, 0.5) is 5.95 Å². The molecule has 0 saturated heterocycles. The minimum Gasteiger partial charge on any atom is -0.368 e. The van der Waals surface area contributed by atoms with Crippen molar-refractivity contribution in [1.29, 1.82) is 0 Å². The maximum atomic E-state index is 5.91. The van der Waals surface area contributed by atoms with Gasteiger partial charge in [-0.3, -0.25) is 0 Å². The van der Waals surface area contributed by atoms with Crippen LogP contribution in [0.15, 0.2) is 22.7 Å². The van der Waals surface area contributed by atoms with Gasteiger partial charge >= 0.3 is 0 Å². The molecule has 1 heterocycles. The van der Waals surface area contributed by atoms with E-state index in [9.17, 15) is 0 Å². The number of aryl methyl sites for hydroxylation is 1. The van der Waals surface area contributed by atoms with Crippen molar-refractivity contribution in [3.05, 3.63) is 33.5 Å². The van der Waals surface area contributed by atoms with Gasteiger partial charge < -0.3 is 5.73 Å². The van der Waals surface area contributed by atoms with Crippen molar-refractivity contribution >= 4 is 33.5 Å². The summed E-state index contributed by atoms with van der Waals surface area (Å²) >= 11 is 9.25. The number of anilines is 1. The molecule has 2 rings (SSSR count). The maximum absolute atomic E-state index is 5.91. The molecule has 0 bridgehead atoms. The Morgan fingerprint density at radius 1 is 1.25 bits per heavy atom. The number of aromatic nitrogens is 3. The predicted molar refractivity (Wildman–Crippen MR) is 67.1 cm³/mol. The van der Waals surface area contributed by atoms with Crippen LogP contribution in [-0.2, 0) is 0 Å². The van der Waals surface area contributed by atoms with Crippen LogP contribution in [0.5, 0.6) is 0 Å². The Kier molecular flexibility index (Phi) is 3.07. The monoisotopic (exact) mass is 298 g/mol. The SMILES string of the molecule is Cc1nc(N)nc(-c2ccc(Cl)c(Br)c2)n1. The van der Waals surface area contributed by atoms with Gasteiger partial charge in [-0.25, -0.2) is 4.98 Å². The fraction of sp³-hybridized carbons (Fsp3) is 0.100. The Morgan fingerprint density at radius 3 is 2.62 bits per heavy atom. The second-order valence-corrected chi connectivity index (χ2v) is 4.45. The van der Waals surface area contributed by atoms with Crippen molar-refractivity contribution in [2.75, 3.05) is 5.73 Å². The van der Waals surface area contributed by atoms with E-state index in [0.717, 1.165) is 10.0 Å². The van der Waals surface area contributed by atoms with Gasteiger partial charge in [-0.15, -0.1) is 0 Å². The zero-order valence-corrected chi connectivity index (χ0v) is 10.7. The molecular formula is C10H8BrClN4. The largest absolute Gasteiger partial charge is 0.368 e. The number of hydrogen-bond donors (Lipinski definition) is 1. The van der Waals surface area contributed by atoms with Gasteiger partial charge in [0.25, 0.3) is 0 Å². The van der Waals surface area contributed by atoms with E-state index in [1.165, 1.54) is 0 Å². The van der Waals surface area contributed by atoms with Crippen LogP contribution in [0, 0.1) is 6.92 Å². The number of nitrogens with two attached hydrogens (primary N) is 1. The van der Waals surface area contributed by atoms with Gasteiger partial charge in [-0.05, 0) is 41.1 Å². The molecule has 0 atom stereocenters. The number of benzene rings is 1. The molecule has 0 amide bonds. The summed E-state index contributed by atoms with van der Waals surface area (Å²) in [6.45, 7) is 1.77. The second-order valence-electron chi connectivity index (χ2n) is 3.19. The standard InChI is InChI=1S/C10H8BrClN4/c1-5-14-9(16-10(13)15-5)6-2-3-8(12)7(11)4-6/h2-4H,1H3,(H2,13,14,15,16). The first-order chi connectivity index (χ1) is 7.56. The quantitative estimate of drug-likeness (QED) is 0.879. The summed E-state index contributed by atoms with van der Waals surface area (Å²) in [5, 5.41) is 0.641. The number of halogens is 2. The third-order valence-electron chi connectivity index (χ3n) is 1.94. The van der Waals surface area contributed by atoms with Crippen molar-refractivity contribution in [2.45, 2.75) is 6.92 Å². The van der Waals surface area contributed by atoms with E-state index in [4.69, 9.17) is 17.3 Å². The summed E-state index contributed by atoms with van der Waals surface area (Å²) in [4.78, 5) is 12.2. The predicted octanol–water partition coefficient (Wildman–Crippen LogP) is 2.85. The van der Waals surface area contributed by atoms with E-state index in [1.54, 1.807) is 13.0 Å². The molecule has 16 heavy (non-hydrogen) atoms. The number of nitrogens with zero attached hydrogens (tertiary/aromatic N) is 3. The van der Waals surface area contributed by atoms with E-state index in [0.29, 0.717) is 16.7 Å². The molecule has 2 aromatic rings. The lowest BCUT2D eigenvalue weighted by molar-refractivity contribution is 0.996. The molecule has 2 N–H and O–H groups in total. The fourth-order valence-corrected chi connectivity index (χ4v) is 1.76. The summed E-state index contributed by atoms with van der Waals surface area (Å²) in [7, 11) is 0. The first-order valence-electron chi connectivity index (χ1n) is 4.50. The Labute approximate surface area is 106 Å². The average molecular weight is 300 g/mol. The highest BCUT2D eigenvalue weighted by Crippen LogP contribution is 2.27. The first-order valence-corrected chi connectivity index (χ1v) is 5.67. The third-order valence-corrected chi connectivity index (χ3v) is 3.16. The first kappa shape index (κ1) is 11.3. The third kappa shape index (κ3) is 2.31. The molecule has 4 nitrogen and oxygen atoms in total. The van der Waals surface area contributed by atoms with Crippen molar-refractivity contribution in [3.8, 4) is 11.4 Å². The fourth-order valence-electron chi connectivity index (χ4n) is 1.27. The Hall–Kier alpha value is -1.20. The molecule has 0 aliphatic carbocycles. The van der Waals surface area contributed by atoms with Crippen molar-refractivity contribution in [2.24, 2.45) is 0 Å². The van der Waals surface area contributed by atoms with Gasteiger partial charge in [0, 0.05) is 10.0 Å². The van der Waals surface area contributed by atoms with E-state index in [2.05, 4.69) is 30.9 Å². The molecule has 0 spiro atoms. The second kappa shape index (κ2) is 4.35. The number of rotatable bonds is 1. The summed E-state index contributed by atoms with van der Waals surface area (Å²) < 4.78 is 0.795. The van der Waals surface area contributed by atoms with Crippen LogP contribution >= 0.6 is 27.5 Å². The van der Waals surface area contributed by atoms with E-state index in [-0.39, 0.29) is 5.95 Å². The normalized spacial score (nSPS) is 10.4. The van der Waals surface area contributed by atoms with Crippen molar-refractivity contribution < 1.29 is 0 Å². The average Bonchev–Trinajstić information content (AvgIpc) is 2.20. The maximum Gasteiger partial charge on any atom is 0.223 e. The van der Waals surface area contributed by atoms with Gasteiger partial charge in [-0.1, -0.05) is 11.6 Å². The van der Waals surface area contributed by atoms with E-state index < -0.39 is 0 Å². The smallest absolute Gasteiger partial charge is 0.223 e. The zero-order valence-electron chi connectivity index (χ0n) is 8.41. The van der Waals surface area contributed by atoms with Gasteiger partial charge in [0.15, 0.2) is 5.82 Å². The van der Waals surface area contributed by atoms with Crippen molar-refractivity contribution in [3.63, 3.8) is 0 Å². The molecule has 1 aromatic carbocycles. The molecule has 1 aromatic heterocycles. The van der Waals surface area contributed by atoms with Crippen LogP contribution in [0.3, 0.4) is 0 Å². The van der Waals surface area contributed by atoms with E-state index in [1.807, 2.05) is 12.1 Å². The zero-order chi connectivity index (χ0) is 11.7. The number of nitrogen functional groups attached to an aromatic ring is 1. The molecule has 0 radical (unpaired) electrons. The van der Waals surface area contributed by atoms with Crippen LogP contribution in [-0.4, -0.2) is 15.0 Å². The molecule has 0 fully saturated rings. The minimum atomic E-state index is 0.216. The van der Waals surface area contributed by atoms with Gasteiger partial charge in [0.05, 0.1) is 5.02 Å². The van der Waals surface area contributed by atoms with Gasteiger partial charge in [0.2, 0.25) is 5.95 Å². The molecule has 0 aliphatic rings. The van der Waals surface area contributed by atoms with Gasteiger partial charge in [-0.2, -0.15) is 9.97 Å². The molecule has 0 unspecified atom stereocenters. The van der Waals surface area contributed by atoms with Gasteiger partial charge in [0.1, 0.15) is 5.82 Å². The molecule has 82 valence electrons. The lowest BCUT2D eigenvalue weighted by Gasteiger charge is -2.03. The minimum absolute atomic E-state index is 0.216. The van der Waals surface area contributed by atoms with E-state index >= 15 is 0 Å². The number of hydrogen-bond acceptors (Lipinski definition) is 4. The highest BCUT2D eigenvalue weighted by Gasteiger charge is 2.06. The molecule has 0 aliphatic heterocycles. The molecular weight excluding hydrogens is 291 g/mol. The lowest BCUT2D eigenvalue weighted by Crippen LogP contribution is -2.01. The lowest BCUT2D eigenvalue weighted by atomic mass is 10.2. The summed E-state index contributed by atoms with van der Waals surface area (Å²) in [5.74, 6) is 1.35. The van der Waals surface area contributed by atoms with Crippen LogP contribution < -0.4 is 5.73 Å². The summed E-state index contributed by atoms with van der Waals surface area (Å²) in [6.07, 6.45) is 0.